The Bertz CT molecular complexity index is 492. The van der Waals surface area contributed by atoms with Gasteiger partial charge in [-0.25, -0.2) is 4.79 Å². The summed E-state index contributed by atoms with van der Waals surface area (Å²) in [5.74, 6) is 0. The molecule has 0 saturated carbocycles. The van der Waals surface area contributed by atoms with E-state index in [0.29, 0.717) is 0 Å². The molecule has 2 rings (SSSR count). The van der Waals surface area contributed by atoms with Crippen molar-refractivity contribution in [2.75, 3.05) is 6.54 Å². The van der Waals surface area contributed by atoms with Crippen molar-refractivity contribution in [2.45, 2.75) is 51.7 Å². The first-order valence-electron chi connectivity index (χ1n) is 6.99. The van der Waals surface area contributed by atoms with E-state index in [-0.39, 0.29) is 11.6 Å². The molecule has 1 aliphatic heterocycles. The molecule has 20 heavy (non-hydrogen) atoms. The second-order valence-corrected chi connectivity index (χ2v) is 7.43. The Morgan fingerprint density at radius 3 is 2.45 bits per heavy atom. The maximum atomic E-state index is 12.4. The van der Waals surface area contributed by atoms with Gasteiger partial charge in [0.1, 0.15) is 5.60 Å². The summed E-state index contributed by atoms with van der Waals surface area (Å²) >= 11 is 3.45. The van der Waals surface area contributed by atoms with Crippen LogP contribution in [0.15, 0.2) is 28.7 Å². The van der Waals surface area contributed by atoms with Crippen LogP contribution in [-0.2, 0) is 10.3 Å². The molecule has 1 aromatic rings. The predicted molar refractivity (Wildman–Crippen MR) is 83.7 cm³/mol. The molecule has 1 aromatic carbocycles. The first kappa shape index (κ1) is 15.4. The van der Waals surface area contributed by atoms with E-state index in [4.69, 9.17) is 4.74 Å². The Balaban J connectivity index is 2.25. The van der Waals surface area contributed by atoms with Crippen LogP contribution in [0.1, 0.15) is 46.1 Å². The van der Waals surface area contributed by atoms with Crippen molar-refractivity contribution in [3.63, 3.8) is 0 Å². The summed E-state index contributed by atoms with van der Waals surface area (Å²) in [6, 6.07) is 8.19. The third-order valence-corrected chi connectivity index (χ3v) is 4.25. The summed E-state index contributed by atoms with van der Waals surface area (Å²) in [7, 11) is 0. The largest absolute Gasteiger partial charge is 0.444 e. The lowest BCUT2D eigenvalue weighted by Crippen LogP contribution is -2.45. The Morgan fingerprint density at radius 1 is 1.30 bits per heavy atom. The first-order chi connectivity index (χ1) is 9.22. The number of amides is 1. The second-order valence-electron chi connectivity index (χ2n) is 6.52. The van der Waals surface area contributed by atoms with Gasteiger partial charge < -0.3 is 4.74 Å². The fourth-order valence-corrected chi connectivity index (χ4v) is 2.95. The van der Waals surface area contributed by atoms with Gasteiger partial charge in [-0.15, -0.1) is 0 Å². The van der Waals surface area contributed by atoms with Gasteiger partial charge in [0.25, 0.3) is 0 Å². The van der Waals surface area contributed by atoms with Crippen molar-refractivity contribution >= 4 is 22.0 Å². The van der Waals surface area contributed by atoms with E-state index in [2.05, 4.69) is 35.0 Å². The van der Waals surface area contributed by atoms with Crippen LogP contribution >= 0.6 is 15.9 Å². The number of ether oxygens (including phenoxy) is 1. The number of rotatable bonds is 1. The van der Waals surface area contributed by atoms with Crippen molar-refractivity contribution in [1.82, 2.24) is 4.90 Å². The minimum absolute atomic E-state index is 0.222. The van der Waals surface area contributed by atoms with Crippen molar-refractivity contribution in [3.05, 3.63) is 34.3 Å². The van der Waals surface area contributed by atoms with Gasteiger partial charge in [-0.1, -0.05) is 28.1 Å². The first-order valence-corrected chi connectivity index (χ1v) is 7.78. The van der Waals surface area contributed by atoms with Crippen molar-refractivity contribution < 1.29 is 9.53 Å². The average molecular weight is 340 g/mol. The maximum absolute atomic E-state index is 12.4. The highest BCUT2D eigenvalue weighted by atomic mass is 79.9. The Hall–Kier alpha value is -1.03. The normalized spacial score (nSPS) is 22.9. The predicted octanol–water partition coefficient (Wildman–Crippen LogP) is 4.70. The van der Waals surface area contributed by atoms with Crippen LogP contribution in [0.5, 0.6) is 0 Å². The molecule has 4 heteroatoms. The van der Waals surface area contributed by atoms with Gasteiger partial charge in [0, 0.05) is 11.0 Å². The van der Waals surface area contributed by atoms with Crippen LogP contribution in [0.3, 0.4) is 0 Å². The number of carbonyl (C=O) groups excluding carboxylic acids is 1. The van der Waals surface area contributed by atoms with Crippen molar-refractivity contribution in [2.24, 2.45) is 0 Å². The summed E-state index contributed by atoms with van der Waals surface area (Å²) in [5, 5.41) is 0. The molecule has 1 saturated heterocycles. The molecular weight excluding hydrogens is 318 g/mol. The zero-order valence-electron chi connectivity index (χ0n) is 12.6. The second kappa shape index (κ2) is 5.40. The SMILES string of the molecule is CC(C)(C)OC(=O)N1CCCC1(C)c1ccc(Br)cc1. The Labute approximate surface area is 129 Å². The van der Waals surface area contributed by atoms with Gasteiger partial charge in [0.2, 0.25) is 0 Å². The zero-order valence-corrected chi connectivity index (χ0v) is 14.2. The number of carbonyl (C=O) groups is 1. The minimum atomic E-state index is -0.458. The molecule has 1 heterocycles. The Kier molecular flexibility index (Phi) is 4.14. The number of halogens is 1. The van der Waals surface area contributed by atoms with Gasteiger partial charge in [0.05, 0.1) is 5.54 Å². The average Bonchev–Trinajstić information content (AvgIpc) is 2.71. The Morgan fingerprint density at radius 2 is 1.90 bits per heavy atom. The molecule has 0 radical (unpaired) electrons. The van der Waals surface area contributed by atoms with Gasteiger partial charge >= 0.3 is 6.09 Å². The molecule has 1 aliphatic rings. The molecule has 110 valence electrons. The van der Waals surface area contributed by atoms with Gasteiger partial charge in [-0.3, -0.25) is 4.90 Å². The van der Waals surface area contributed by atoms with E-state index in [9.17, 15) is 4.79 Å². The van der Waals surface area contributed by atoms with Crippen LogP contribution in [0.25, 0.3) is 0 Å². The third-order valence-electron chi connectivity index (χ3n) is 3.72. The molecule has 1 amide bonds. The number of hydrogen-bond acceptors (Lipinski definition) is 2. The highest BCUT2D eigenvalue weighted by Crippen LogP contribution is 2.39. The van der Waals surface area contributed by atoms with Gasteiger partial charge in [0.15, 0.2) is 0 Å². The number of likely N-dealkylation sites (tertiary alicyclic amines) is 1. The van der Waals surface area contributed by atoms with Crippen LogP contribution in [0, 0.1) is 0 Å². The summed E-state index contributed by atoms with van der Waals surface area (Å²) in [6.07, 6.45) is 1.75. The molecule has 1 fully saturated rings. The molecule has 0 N–H and O–H groups in total. The molecule has 1 atom stereocenters. The third kappa shape index (κ3) is 3.17. The van der Waals surface area contributed by atoms with E-state index >= 15 is 0 Å². The standard InChI is InChI=1S/C16H22BrNO2/c1-15(2,3)20-14(19)18-11-5-10-16(18,4)12-6-8-13(17)9-7-12/h6-9H,5,10-11H2,1-4H3. The smallest absolute Gasteiger partial charge is 0.411 e. The topological polar surface area (TPSA) is 29.5 Å². The number of hydrogen-bond donors (Lipinski definition) is 0. The molecule has 0 spiro atoms. The maximum Gasteiger partial charge on any atom is 0.411 e. The summed E-state index contributed by atoms with van der Waals surface area (Å²) in [5.41, 5.74) is 0.424. The highest BCUT2D eigenvalue weighted by molar-refractivity contribution is 9.10. The molecule has 1 unspecified atom stereocenters. The van der Waals surface area contributed by atoms with Gasteiger partial charge in [-0.2, -0.15) is 0 Å². The zero-order chi connectivity index (χ0) is 15.0. The monoisotopic (exact) mass is 339 g/mol. The minimum Gasteiger partial charge on any atom is -0.444 e. The highest BCUT2D eigenvalue weighted by Gasteiger charge is 2.42. The lowest BCUT2D eigenvalue weighted by molar-refractivity contribution is 0.00993. The lowest BCUT2D eigenvalue weighted by atomic mass is 9.89. The van der Waals surface area contributed by atoms with Gasteiger partial charge in [-0.05, 0) is 58.2 Å². The lowest BCUT2D eigenvalue weighted by Gasteiger charge is -2.36. The van der Waals surface area contributed by atoms with E-state index in [1.54, 1.807) is 0 Å². The summed E-state index contributed by atoms with van der Waals surface area (Å²) in [4.78, 5) is 14.3. The molecule has 0 aliphatic carbocycles. The van der Waals surface area contributed by atoms with Crippen LogP contribution in [0.4, 0.5) is 4.79 Å². The summed E-state index contributed by atoms with van der Waals surface area (Å²) in [6.45, 7) is 8.57. The van der Waals surface area contributed by atoms with Crippen LogP contribution in [-0.4, -0.2) is 23.1 Å². The van der Waals surface area contributed by atoms with Crippen molar-refractivity contribution in [3.8, 4) is 0 Å². The van der Waals surface area contributed by atoms with E-state index < -0.39 is 5.60 Å². The molecule has 3 nitrogen and oxygen atoms in total. The molecule has 0 aromatic heterocycles. The fourth-order valence-electron chi connectivity index (χ4n) is 2.68. The van der Waals surface area contributed by atoms with Crippen LogP contribution < -0.4 is 0 Å². The quantitative estimate of drug-likeness (QED) is 0.742. The number of benzene rings is 1. The van der Waals surface area contributed by atoms with E-state index in [1.165, 1.54) is 0 Å². The van der Waals surface area contributed by atoms with E-state index in [0.717, 1.165) is 29.4 Å². The van der Waals surface area contributed by atoms with Crippen LogP contribution in [0.2, 0.25) is 0 Å². The molecular formula is C16H22BrNO2. The summed E-state index contributed by atoms with van der Waals surface area (Å²) < 4.78 is 6.59. The van der Waals surface area contributed by atoms with Crippen molar-refractivity contribution in [1.29, 1.82) is 0 Å². The molecule has 0 bridgehead atoms. The fraction of sp³-hybridized carbons (Fsp3) is 0.562. The van der Waals surface area contributed by atoms with E-state index in [1.807, 2.05) is 37.8 Å². The number of nitrogens with zero attached hydrogens (tertiary/aromatic N) is 1.